The molecule has 0 saturated carbocycles. The van der Waals surface area contributed by atoms with Crippen molar-refractivity contribution < 1.29 is 23.9 Å². The SMILES string of the molecule is CC[C@H](C)Oc1ccc(/C=C2\SC(=O)N(CC(=O)Nc3c(C)cccc3C)C2=O)cc1OC. The van der Waals surface area contributed by atoms with Crippen molar-refractivity contribution in [3.8, 4) is 11.5 Å². The van der Waals surface area contributed by atoms with Gasteiger partial charge in [0, 0.05) is 5.69 Å². The summed E-state index contributed by atoms with van der Waals surface area (Å²) in [7, 11) is 1.55. The Balaban J connectivity index is 1.73. The standard InChI is InChI=1S/C25H28N2O5S/c1-6-17(4)32-19-11-10-18(12-20(19)31-5)13-21-24(29)27(25(30)33-21)14-22(28)26-23-15(2)8-7-9-16(23)3/h7-13,17H,6,14H2,1-5H3,(H,26,28)/b21-13-/t17-/m0/s1. The summed E-state index contributed by atoms with van der Waals surface area (Å²) in [6.45, 7) is 7.43. The maximum atomic E-state index is 12.8. The number of amides is 3. The first-order chi connectivity index (χ1) is 15.7. The molecule has 0 bridgehead atoms. The van der Waals surface area contributed by atoms with Crippen LogP contribution in [0.3, 0.4) is 0 Å². The monoisotopic (exact) mass is 468 g/mol. The van der Waals surface area contributed by atoms with Crippen LogP contribution in [-0.4, -0.2) is 41.7 Å². The summed E-state index contributed by atoms with van der Waals surface area (Å²) in [6, 6.07) is 11.0. The van der Waals surface area contributed by atoms with Crippen molar-refractivity contribution in [2.45, 2.75) is 40.2 Å². The second kappa shape index (κ2) is 10.6. The third-order valence-electron chi connectivity index (χ3n) is 5.31. The highest BCUT2D eigenvalue weighted by atomic mass is 32.2. The normalized spacial score (nSPS) is 15.7. The molecule has 2 aromatic carbocycles. The largest absolute Gasteiger partial charge is 0.493 e. The molecule has 7 nitrogen and oxygen atoms in total. The van der Waals surface area contributed by atoms with Crippen molar-refractivity contribution in [3.63, 3.8) is 0 Å². The quantitative estimate of drug-likeness (QED) is 0.539. The minimum absolute atomic E-state index is 0.0378. The molecule has 0 aromatic heterocycles. The molecule has 0 spiro atoms. The molecule has 0 unspecified atom stereocenters. The van der Waals surface area contributed by atoms with E-state index in [2.05, 4.69) is 5.32 Å². The Morgan fingerprint density at radius 1 is 1.15 bits per heavy atom. The predicted octanol–water partition coefficient (Wildman–Crippen LogP) is 5.16. The zero-order valence-electron chi connectivity index (χ0n) is 19.4. The third-order valence-corrected chi connectivity index (χ3v) is 6.22. The lowest BCUT2D eigenvalue weighted by molar-refractivity contribution is -0.127. The van der Waals surface area contributed by atoms with Crippen LogP contribution in [0.2, 0.25) is 0 Å². The van der Waals surface area contributed by atoms with E-state index in [0.717, 1.165) is 34.2 Å². The van der Waals surface area contributed by atoms with E-state index in [1.165, 1.54) is 0 Å². The second-order valence-corrected chi connectivity index (χ2v) is 8.82. The molecule has 8 heteroatoms. The summed E-state index contributed by atoms with van der Waals surface area (Å²) < 4.78 is 11.3. The highest BCUT2D eigenvalue weighted by Gasteiger charge is 2.36. The number of aryl methyl sites for hydroxylation is 2. The Bertz CT molecular complexity index is 1090. The van der Waals surface area contributed by atoms with E-state index in [1.807, 2.05) is 45.9 Å². The average Bonchev–Trinajstić information content (AvgIpc) is 3.04. The maximum Gasteiger partial charge on any atom is 0.294 e. The lowest BCUT2D eigenvalue weighted by Gasteiger charge is -2.16. The van der Waals surface area contributed by atoms with Crippen molar-refractivity contribution in [1.82, 2.24) is 4.90 Å². The first-order valence-electron chi connectivity index (χ1n) is 10.7. The second-order valence-electron chi connectivity index (χ2n) is 7.83. The topological polar surface area (TPSA) is 84.9 Å². The van der Waals surface area contributed by atoms with Crippen molar-refractivity contribution in [3.05, 3.63) is 58.0 Å². The van der Waals surface area contributed by atoms with E-state index in [1.54, 1.807) is 31.4 Å². The number of hydrogen-bond donors (Lipinski definition) is 1. The van der Waals surface area contributed by atoms with Crippen LogP contribution in [0.4, 0.5) is 10.5 Å². The Morgan fingerprint density at radius 3 is 2.48 bits per heavy atom. The van der Waals surface area contributed by atoms with Crippen LogP contribution < -0.4 is 14.8 Å². The van der Waals surface area contributed by atoms with Gasteiger partial charge in [0.1, 0.15) is 6.54 Å². The van der Waals surface area contributed by atoms with E-state index in [4.69, 9.17) is 9.47 Å². The van der Waals surface area contributed by atoms with Crippen molar-refractivity contribution in [2.24, 2.45) is 0 Å². The van der Waals surface area contributed by atoms with Crippen LogP contribution in [0.15, 0.2) is 41.3 Å². The van der Waals surface area contributed by atoms with Gasteiger partial charge >= 0.3 is 0 Å². The van der Waals surface area contributed by atoms with Gasteiger partial charge in [-0.3, -0.25) is 19.3 Å². The lowest BCUT2D eigenvalue weighted by Crippen LogP contribution is -2.36. The summed E-state index contributed by atoms with van der Waals surface area (Å²) in [4.78, 5) is 39.0. The molecule has 1 aliphatic heterocycles. The molecular weight excluding hydrogens is 440 g/mol. The number of hydrogen-bond acceptors (Lipinski definition) is 6. The van der Waals surface area contributed by atoms with Crippen LogP contribution in [0.5, 0.6) is 11.5 Å². The molecular formula is C25H28N2O5S. The molecule has 1 heterocycles. The van der Waals surface area contributed by atoms with Crippen LogP contribution in [-0.2, 0) is 9.59 Å². The number of methoxy groups -OCH3 is 1. The maximum absolute atomic E-state index is 12.8. The van der Waals surface area contributed by atoms with E-state index < -0.39 is 17.1 Å². The van der Waals surface area contributed by atoms with Gasteiger partial charge in [-0.05, 0) is 73.9 Å². The Labute approximate surface area is 198 Å². The van der Waals surface area contributed by atoms with E-state index in [9.17, 15) is 14.4 Å². The number of carbonyl (C=O) groups is 3. The fourth-order valence-electron chi connectivity index (χ4n) is 3.29. The number of carbonyl (C=O) groups excluding carboxylic acids is 3. The predicted molar refractivity (Wildman–Crippen MR) is 131 cm³/mol. The van der Waals surface area contributed by atoms with Gasteiger partial charge in [-0.15, -0.1) is 0 Å². The van der Waals surface area contributed by atoms with Crippen LogP contribution in [0.1, 0.15) is 37.0 Å². The van der Waals surface area contributed by atoms with Gasteiger partial charge < -0.3 is 14.8 Å². The fourth-order valence-corrected chi connectivity index (χ4v) is 4.13. The summed E-state index contributed by atoms with van der Waals surface area (Å²) in [5.41, 5.74) is 3.20. The zero-order chi connectivity index (χ0) is 24.1. The molecule has 1 atom stereocenters. The molecule has 1 N–H and O–H groups in total. The van der Waals surface area contributed by atoms with E-state index in [0.29, 0.717) is 22.7 Å². The number of imide groups is 1. The van der Waals surface area contributed by atoms with Crippen molar-refractivity contribution in [2.75, 3.05) is 19.0 Å². The molecule has 0 aliphatic carbocycles. The zero-order valence-corrected chi connectivity index (χ0v) is 20.2. The number of rotatable bonds is 8. The Kier molecular flexibility index (Phi) is 7.81. The van der Waals surface area contributed by atoms with Gasteiger partial charge in [0.25, 0.3) is 11.1 Å². The molecule has 0 radical (unpaired) electrons. The average molecular weight is 469 g/mol. The Hall–Kier alpha value is -3.26. The van der Waals surface area contributed by atoms with E-state index in [-0.39, 0.29) is 17.6 Å². The number of benzene rings is 2. The first kappa shape index (κ1) is 24.4. The van der Waals surface area contributed by atoms with Crippen molar-refractivity contribution in [1.29, 1.82) is 0 Å². The molecule has 3 amide bonds. The molecule has 3 rings (SSSR count). The van der Waals surface area contributed by atoms with Crippen LogP contribution in [0, 0.1) is 13.8 Å². The summed E-state index contributed by atoms with van der Waals surface area (Å²) >= 11 is 0.810. The Morgan fingerprint density at radius 2 is 1.85 bits per heavy atom. The van der Waals surface area contributed by atoms with Gasteiger partial charge in [-0.25, -0.2) is 0 Å². The third kappa shape index (κ3) is 5.76. The molecule has 33 heavy (non-hydrogen) atoms. The van der Waals surface area contributed by atoms with Gasteiger partial charge in [0.05, 0.1) is 18.1 Å². The number of thioether (sulfide) groups is 1. The summed E-state index contributed by atoms with van der Waals surface area (Å²) in [5, 5.41) is 2.33. The highest BCUT2D eigenvalue weighted by Crippen LogP contribution is 2.35. The smallest absolute Gasteiger partial charge is 0.294 e. The molecule has 1 saturated heterocycles. The summed E-state index contributed by atoms with van der Waals surface area (Å²) in [6.07, 6.45) is 2.51. The number of ether oxygens (including phenoxy) is 2. The fraction of sp³-hybridized carbons (Fsp3) is 0.320. The van der Waals surface area contributed by atoms with E-state index >= 15 is 0 Å². The minimum Gasteiger partial charge on any atom is -0.493 e. The van der Waals surface area contributed by atoms with Crippen LogP contribution >= 0.6 is 11.8 Å². The minimum atomic E-state index is -0.499. The lowest BCUT2D eigenvalue weighted by atomic mass is 10.1. The number of nitrogens with zero attached hydrogens (tertiary/aromatic N) is 1. The molecule has 2 aromatic rings. The van der Waals surface area contributed by atoms with Crippen molar-refractivity contribution >= 4 is 40.6 Å². The number of nitrogens with one attached hydrogen (secondary N) is 1. The van der Waals surface area contributed by atoms with Gasteiger partial charge in [0.15, 0.2) is 11.5 Å². The number of para-hydroxylation sites is 1. The van der Waals surface area contributed by atoms with Gasteiger partial charge in [-0.1, -0.05) is 31.2 Å². The number of anilines is 1. The summed E-state index contributed by atoms with van der Waals surface area (Å²) in [5.74, 6) is 0.223. The first-order valence-corrected chi connectivity index (χ1v) is 11.5. The molecule has 174 valence electrons. The highest BCUT2D eigenvalue weighted by molar-refractivity contribution is 8.18. The van der Waals surface area contributed by atoms with Crippen LogP contribution in [0.25, 0.3) is 6.08 Å². The van der Waals surface area contributed by atoms with Gasteiger partial charge in [-0.2, -0.15) is 0 Å². The van der Waals surface area contributed by atoms with Gasteiger partial charge in [0.2, 0.25) is 5.91 Å². The molecule has 1 fully saturated rings. The molecule has 1 aliphatic rings.